The highest BCUT2D eigenvalue weighted by atomic mass is 16.5. The second-order valence-corrected chi connectivity index (χ2v) is 9.23. The number of aryl methyl sites for hydroxylation is 2. The molecular weight excluding hydrogens is 436 g/mol. The van der Waals surface area contributed by atoms with Crippen LogP contribution in [0.15, 0.2) is 65.7 Å². The Balaban J connectivity index is 1.72. The van der Waals surface area contributed by atoms with E-state index < -0.39 is 0 Å². The molecule has 3 aromatic heterocycles. The van der Waals surface area contributed by atoms with Gasteiger partial charge in [0.1, 0.15) is 0 Å². The van der Waals surface area contributed by atoms with E-state index >= 15 is 0 Å². The van der Waals surface area contributed by atoms with Crippen molar-refractivity contribution in [1.82, 2.24) is 19.1 Å². The number of imidazole rings is 1. The number of aromatic nitrogens is 4. The van der Waals surface area contributed by atoms with Gasteiger partial charge in [-0.05, 0) is 60.7 Å². The number of benzene rings is 2. The van der Waals surface area contributed by atoms with Crippen molar-refractivity contribution >= 4 is 21.9 Å². The molecule has 6 nitrogen and oxygen atoms in total. The van der Waals surface area contributed by atoms with E-state index in [0.717, 1.165) is 57.2 Å². The molecule has 5 aromatic rings. The van der Waals surface area contributed by atoms with Crippen molar-refractivity contribution in [2.24, 2.45) is 7.05 Å². The first-order chi connectivity index (χ1) is 16.9. The second-order valence-electron chi connectivity index (χ2n) is 9.23. The summed E-state index contributed by atoms with van der Waals surface area (Å²) in [4.78, 5) is 22.5. The Kier molecular flexibility index (Phi) is 5.89. The average Bonchev–Trinajstić information content (AvgIpc) is 3.14. The van der Waals surface area contributed by atoms with E-state index in [1.807, 2.05) is 25.3 Å². The summed E-state index contributed by atoms with van der Waals surface area (Å²) in [6.07, 6.45) is 5.89. The van der Waals surface area contributed by atoms with Crippen molar-refractivity contribution in [3.63, 3.8) is 0 Å². The largest absolute Gasteiger partial charge is 0.481 e. The predicted octanol–water partition coefficient (Wildman–Crippen LogP) is 6.16. The zero-order chi connectivity index (χ0) is 24.7. The van der Waals surface area contributed by atoms with Crippen LogP contribution in [0.5, 0.6) is 5.88 Å². The molecule has 0 saturated heterocycles. The second kappa shape index (κ2) is 9.02. The van der Waals surface area contributed by atoms with Crippen LogP contribution in [-0.2, 0) is 7.05 Å². The fourth-order valence-corrected chi connectivity index (χ4v) is 4.90. The third kappa shape index (κ3) is 3.89. The van der Waals surface area contributed by atoms with E-state index in [1.54, 1.807) is 29.5 Å². The molecule has 35 heavy (non-hydrogen) atoms. The van der Waals surface area contributed by atoms with Crippen LogP contribution in [0.2, 0.25) is 0 Å². The molecule has 0 bridgehead atoms. The van der Waals surface area contributed by atoms with Gasteiger partial charge < -0.3 is 4.74 Å². The molecule has 5 rings (SSSR count). The number of fused-ring (bicyclic) bond motifs is 3. The minimum absolute atomic E-state index is 0.0870. The molecular formula is C29H30N4O2. The standard InChI is InChI=1S/C29H30N4O2/c1-6-7-18(2)20-8-11-23(12-9-20)33-27-24-15-21(22-14-19(3)28(35-5)31-16-22)10-13-25(24)30-17-26(27)32(4)29(33)34/h8-18H,6-7H2,1-5H3. The third-order valence-corrected chi connectivity index (χ3v) is 6.88. The highest BCUT2D eigenvalue weighted by Gasteiger charge is 2.17. The van der Waals surface area contributed by atoms with Crippen LogP contribution in [0.25, 0.3) is 38.8 Å². The molecule has 0 aliphatic rings. The monoisotopic (exact) mass is 466 g/mol. The molecule has 0 radical (unpaired) electrons. The molecule has 178 valence electrons. The third-order valence-electron chi connectivity index (χ3n) is 6.88. The van der Waals surface area contributed by atoms with Gasteiger partial charge in [-0.3, -0.25) is 14.1 Å². The Labute approximate surface area is 204 Å². The number of nitrogens with zero attached hydrogens (tertiary/aromatic N) is 4. The molecule has 6 heteroatoms. The molecule has 0 spiro atoms. The van der Waals surface area contributed by atoms with Gasteiger partial charge in [-0.2, -0.15) is 0 Å². The molecule has 1 atom stereocenters. The number of pyridine rings is 2. The number of rotatable bonds is 6. The lowest BCUT2D eigenvalue weighted by atomic mass is 9.96. The Morgan fingerprint density at radius 1 is 1.00 bits per heavy atom. The molecule has 0 aliphatic carbocycles. The topological polar surface area (TPSA) is 61.9 Å². The van der Waals surface area contributed by atoms with E-state index in [2.05, 4.69) is 60.2 Å². The van der Waals surface area contributed by atoms with E-state index in [4.69, 9.17) is 4.74 Å². The van der Waals surface area contributed by atoms with Crippen molar-refractivity contribution in [2.75, 3.05) is 7.11 Å². The van der Waals surface area contributed by atoms with Crippen LogP contribution in [0.3, 0.4) is 0 Å². The molecule has 2 aromatic carbocycles. The van der Waals surface area contributed by atoms with Crippen molar-refractivity contribution in [1.29, 1.82) is 0 Å². The molecule has 3 heterocycles. The van der Waals surface area contributed by atoms with Gasteiger partial charge in [-0.15, -0.1) is 0 Å². The molecule has 0 N–H and O–H groups in total. The van der Waals surface area contributed by atoms with E-state index in [1.165, 1.54) is 5.56 Å². The molecule has 0 saturated carbocycles. The average molecular weight is 467 g/mol. The summed E-state index contributed by atoms with van der Waals surface area (Å²) in [5.41, 5.74) is 7.52. The lowest BCUT2D eigenvalue weighted by molar-refractivity contribution is 0.394. The highest BCUT2D eigenvalue weighted by molar-refractivity contribution is 6.04. The Morgan fingerprint density at radius 3 is 2.46 bits per heavy atom. The molecule has 1 unspecified atom stereocenters. The van der Waals surface area contributed by atoms with Crippen molar-refractivity contribution < 1.29 is 4.74 Å². The van der Waals surface area contributed by atoms with Crippen LogP contribution >= 0.6 is 0 Å². The Hall–Kier alpha value is -3.93. The van der Waals surface area contributed by atoms with Gasteiger partial charge in [0.15, 0.2) is 0 Å². The zero-order valence-electron chi connectivity index (χ0n) is 20.9. The van der Waals surface area contributed by atoms with Crippen LogP contribution in [0.4, 0.5) is 0 Å². The van der Waals surface area contributed by atoms with Gasteiger partial charge in [-0.1, -0.05) is 38.5 Å². The summed E-state index contributed by atoms with van der Waals surface area (Å²) in [6, 6.07) is 16.6. The first kappa shape index (κ1) is 22.8. The quantitative estimate of drug-likeness (QED) is 0.301. The predicted molar refractivity (Wildman–Crippen MR) is 142 cm³/mol. The summed E-state index contributed by atoms with van der Waals surface area (Å²) in [7, 11) is 3.42. The van der Waals surface area contributed by atoms with Gasteiger partial charge in [-0.25, -0.2) is 9.78 Å². The lowest BCUT2D eigenvalue weighted by Crippen LogP contribution is -2.20. The number of methoxy groups -OCH3 is 1. The Bertz CT molecular complexity index is 1600. The van der Waals surface area contributed by atoms with Crippen LogP contribution in [0, 0.1) is 6.92 Å². The Morgan fingerprint density at radius 2 is 1.77 bits per heavy atom. The minimum atomic E-state index is -0.0870. The maximum Gasteiger partial charge on any atom is 0.333 e. The maximum absolute atomic E-state index is 13.4. The van der Waals surface area contributed by atoms with Crippen LogP contribution < -0.4 is 10.4 Å². The summed E-state index contributed by atoms with van der Waals surface area (Å²) < 4.78 is 8.79. The normalized spacial score (nSPS) is 12.4. The van der Waals surface area contributed by atoms with Gasteiger partial charge >= 0.3 is 5.69 Å². The highest BCUT2D eigenvalue weighted by Crippen LogP contribution is 2.31. The fourth-order valence-electron chi connectivity index (χ4n) is 4.90. The van der Waals surface area contributed by atoms with Gasteiger partial charge in [0.25, 0.3) is 0 Å². The van der Waals surface area contributed by atoms with Crippen molar-refractivity contribution in [2.45, 2.75) is 39.5 Å². The van der Waals surface area contributed by atoms with Gasteiger partial charge in [0.2, 0.25) is 5.88 Å². The molecule has 0 fully saturated rings. The van der Waals surface area contributed by atoms with Gasteiger partial charge in [0, 0.05) is 29.8 Å². The summed E-state index contributed by atoms with van der Waals surface area (Å²) in [5.74, 6) is 1.11. The van der Waals surface area contributed by atoms with Crippen molar-refractivity contribution in [3.8, 4) is 22.7 Å². The van der Waals surface area contributed by atoms with Crippen LogP contribution in [-0.4, -0.2) is 26.2 Å². The lowest BCUT2D eigenvalue weighted by Gasteiger charge is -2.12. The molecule has 0 amide bonds. The number of ether oxygens (including phenoxy) is 1. The maximum atomic E-state index is 13.4. The smallest absolute Gasteiger partial charge is 0.333 e. The van der Waals surface area contributed by atoms with E-state index in [9.17, 15) is 4.79 Å². The number of hydrogen-bond acceptors (Lipinski definition) is 4. The minimum Gasteiger partial charge on any atom is -0.481 e. The van der Waals surface area contributed by atoms with Crippen molar-refractivity contribution in [3.05, 3.63) is 82.5 Å². The van der Waals surface area contributed by atoms with Crippen LogP contribution in [0.1, 0.15) is 43.7 Å². The van der Waals surface area contributed by atoms with E-state index in [-0.39, 0.29) is 5.69 Å². The first-order valence-corrected chi connectivity index (χ1v) is 12.0. The summed E-state index contributed by atoms with van der Waals surface area (Å²) in [6.45, 7) is 6.44. The summed E-state index contributed by atoms with van der Waals surface area (Å²) in [5, 5.41) is 0.926. The zero-order valence-corrected chi connectivity index (χ0v) is 20.9. The SMILES string of the molecule is CCCC(C)c1ccc(-n2c(=O)n(C)c3cnc4ccc(-c5cnc(OC)c(C)c5)cc4c32)cc1. The first-order valence-electron chi connectivity index (χ1n) is 12.0. The molecule has 0 aliphatic heterocycles. The summed E-state index contributed by atoms with van der Waals surface area (Å²) >= 11 is 0. The van der Waals surface area contributed by atoms with Gasteiger partial charge in [0.05, 0.1) is 35.5 Å². The fraction of sp³-hybridized carbons (Fsp3) is 0.276. The van der Waals surface area contributed by atoms with E-state index in [0.29, 0.717) is 11.8 Å². The number of hydrogen-bond donors (Lipinski definition) is 0.